The summed E-state index contributed by atoms with van der Waals surface area (Å²) in [5.41, 5.74) is 3.37. The Balaban J connectivity index is 2.09. The van der Waals surface area contributed by atoms with Gasteiger partial charge in [-0.15, -0.1) is 11.3 Å². The molecule has 0 aliphatic carbocycles. The summed E-state index contributed by atoms with van der Waals surface area (Å²) in [4.78, 5) is 12.8. The first-order chi connectivity index (χ1) is 14.6. The molecule has 0 bridgehead atoms. The lowest BCUT2D eigenvalue weighted by Gasteiger charge is -2.12. The Morgan fingerprint density at radius 1 is 1.19 bits per heavy atom. The molecule has 3 N–H and O–H groups in total. The molecule has 0 fully saturated rings. The van der Waals surface area contributed by atoms with E-state index in [2.05, 4.69) is 0 Å². The maximum Gasteiger partial charge on any atom is 0.246 e. The molecule has 0 atom stereocenters. The van der Waals surface area contributed by atoms with E-state index < -0.39 is 15.9 Å². The van der Waals surface area contributed by atoms with Crippen molar-refractivity contribution in [1.82, 2.24) is 5.06 Å². The first-order valence-electron chi connectivity index (χ1n) is 9.14. The number of benzene rings is 2. The number of primary sulfonamides is 1. The molecule has 3 rings (SSSR count). The molecule has 0 aliphatic heterocycles. The second-order valence-corrected chi connectivity index (χ2v) is 9.72. The second kappa shape index (κ2) is 9.37. The first-order valence-corrected chi connectivity index (χ1v) is 11.9. The van der Waals surface area contributed by atoms with E-state index in [0.29, 0.717) is 22.3 Å². The summed E-state index contributed by atoms with van der Waals surface area (Å²) < 4.78 is 28.4. The molecule has 2 aromatic carbocycles. The van der Waals surface area contributed by atoms with Gasteiger partial charge in [0.15, 0.2) is 0 Å². The fourth-order valence-electron chi connectivity index (χ4n) is 3.14. The number of hydroxylamine groups is 2. The van der Waals surface area contributed by atoms with Crippen LogP contribution >= 0.6 is 22.9 Å². The van der Waals surface area contributed by atoms with E-state index in [0.717, 1.165) is 27.1 Å². The molecule has 7 nitrogen and oxygen atoms in total. The van der Waals surface area contributed by atoms with E-state index >= 15 is 0 Å². The third kappa shape index (κ3) is 5.25. The number of hydrogen-bond donors (Lipinski definition) is 2. The van der Waals surface area contributed by atoms with Crippen molar-refractivity contribution in [2.45, 2.75) is 17.7 Å². The largest absolute Gasteiger partial charge is 0.495 e. The standard InChI is InChI=1S/C21H21ClN2O5S2/c1-24(26)20(25)10-9-19-21(14-5-8-18(29-2)17(22)11-14)16(12-30-19)13-3-6-15(7-4-13)31(23,27)28/h3-8,11-12,26H,9-10H2,1-2H3,(H2,23,27,28). The Morgan fingerprint density at radius 3 is 2.39 bits per heavy atom. The van der Waals surface area contributed by atoms with E-state index in [1.165, 1.54) is 37.6 Å². The fraction of sp³-hybridized carbons (Fsp3) is 0.190. The highest BCUT2D eigenvalue weighted by Gasteiger charge is 2.19. The summed E-state index contributed by atoms with van der Waals surface area (Å²) in [5.74, 6) is 0.143. The highest BCUT2D eigenvalue weighted by molar-refractivity contribution is 7.89. The Morgan fingerprint density at radius 2 is 1.84 bits per heavy atom. The van der Waals surface area contributed by atoms with Gasteiger partial charge in [0.25, 0.3) is 0 Å². The normalized spacial score (nSPS) is 11.4. The Hall–Kier alpha value is -2.43. The van der Waals surface area contributed by atoms with Crippen LogP contribution < -0.4 is 9.88 Å². The van der Waals surface area contributed by atoms with Gasteiger partial charge < -0.3 is 4.74 Å². The minimum atomic E-state index is -3.79. The van der Waals surface area contributed by atoms with Gasteiger partial charge in [-0.05, 0) is 47.2 Å². The summed E-state index contributed by atoms with van der Waals surface area (Å²) in [6.07, 6.45) is 0.552. The molecule has 31 heavy (non-hydrogen) atoms. The van der Waals surface area contributed by atoms with Crippen LogP contribution in [0.1, 0.15) is 11.3 Å². The van der Waals surface area contributed by atoms with Crippen LogP contribution in [0.25, 0.3) is 22.3 Å². The molecule has 0 aliphatic rings. The van der Waals surface area contributed by atoms with Crippen LogP contribution in [0.4, 0.5) is 0 Å². The van der Waals surface area contributed by atoms with E-state index in [9.17, 15) is 18.4 Å². The van der Waals surface area contributed by atoms with Gasteiger partial charge in [-0.25, -0.2) is 18.6 Å². The lowest BCUT2D eigenvalue weighted by molar-refractivity contribution is -0.159. The van der Waals surface area contributed by atoms with Crippen LogP contribution in [-0.2, 0) is 21.2 Å². The van der Waals surface area contributed by atoms with Gasteiger partial charge in [0.2, 0.25) is 15.9 Å². The lowest BCUT2D eigenvalue weighted by atomic mass is 9.95. The minimum absolute atomic E-state index is 0.0253. The minimum Gasteiger partial charge on any atom is -0.495 e. The number of sulfonamides is 1. The lowest BCUT2D eigenvalue weighted by Crippen LogP contribution is -2.22. The van der Waals surface area contributed by atoms with E-state index in [1.807, 2.05) is 11.4 Å². The van der Waals surface area contributed by atoms with Gasteiger partial charge in [-0.3, -0.25) is 10.0 Å². The van der Waals surface area contributed by atoms with Gasteiger partial charge in [0.05, 0.1) is 17.0 Å². The van der Waals surface area contributed by atoms with Crippen LogP contribution in [0.15, 0.2) is 52.7 Å². The zero-order valence-electron chi connectivity index (χ0n) is 16.8. The number of rotatable bonds is 7. The zero-order valence-corrected chi connectivity index (χ0v) is 19.2. The molecule has 0 spiro atoms. The number of hydrogen-bond acceptors (Lipinski definition) is 6. The molecule has 0 unspecified atom stereocenters. The number of methoxy groups -OCH3 is 1. The molecule has 1 amide bonds. The number of aryl methyl sites for hydroxylation is 1. The van der Waals surface area contributed by atoms with Crippen molar-refractivity contribution in [1.29, 1.82) is 0 Å². The zero-order chi connectivity index (χ0) is 22.8. The number of amides is 1. The highest BCUT2D eigenvalue weighted by atomic mass is 35.5. The summed E-state index contributed by atoms with van der Waals surface area (Å²) >= 11 is 7.82. The van der Waals surface area contributed by atoms with Crippen molar-refractivity contribution in [2.75, 3.05) is 14.2 Å². The molecule has 10 heteroatoms. The quantitative estimate of drug-likeness (QED) is 0.389. The smallest absolute Gasteiger partial charge is 0.246 e. The molecular formula is C21H21ClN2O5S2. The maximum atomic E-state index is 11.9. The monoisotopic (exact) mass is 480 g/mol. The van der Waals surface area contributed by atoms with E-state index in [4.69, 9.17) is 21.5 Å². The van der Waals surface area contributed by atoms with Crippen molar-refractivity contribution in [3.05, 3.63) is 57.7 Å². The molecule has 3 aromatic rings. The van der Waals surface area contributed by atoms with Crippen LogP contribution in [0.3, 0.4) is 0 Å². The third-order valence-corrected chi connectivity index (χ3v) is 7.00. The van der Waals surface area contributed by atoms with Crippen LogP contribution in [-0.4, -0.2) is 38.8 Å². The highest BCUT2D eigenvalue weighted by Crippen LogP contribution is 2.42. The number of thiophene rings is 1. The topological polar surface area (TPSA) is 110 Å². The van der Waals surface area contributed by atoms with Crippen molar-refractivity contribution in [3.63, 3.8) is 0 Å². The number of carbonyl (C=O) groups excluding carboxylic acids is 1. The SMILES string of the molecule is COc1ccc(-c2c(-c3ccc(S(N)(=O)=O)cc3)csc2CCC(=O)N(C)O)cc1Cl. The number of ether oxygens (including phenoxy) is 1. The summed E-state index contributed by atoms with van der Waals surface area (Å²) in [6.45, 7) is 0. The second-order valence-electron chi connectivity index (χ2n) is 6.78. The summed E-state index contributed by atoms with van der Waals surface area (Å²) in [6, 6.07) is 11.7. The Labute approximate surface area is 189 Å². The van der Waals surface area contributed by atoms with Gasteiger partial charge in [-0.1, -0.05) is 29.8 Å². The number of nitrogens with two attached hydrogens (primary N) is 1. The number of halogens is 1. The van der Waals surface area contributed by atoms with Crippen molar-refractivity contribution >= 4 is 38.9 Å². The van der Waals surface area contributed by atoms with Crippen molar-refractivity contribution in [3.8, 4) is 28.0 Å². The molecule has 164 valence electrons. The molecule has 0 radical (unpaired) electrons. The Bertz CT molecular complexity index is 1210. The summed E-state index contributed by atoms with van der Waals surface area (Å²) in [5, 5.41) is 17.5. The van der Waals surface area contributed by atoms with E-state index in [-0.39, 0.29) is 11.3 Å². The molecule has 0 saturated heterocycles. The van der Waals surface area contributed by atoms with Crippen LogP contribution in [0.2, 0.25) is 5.02 Å². The predicted octanol–water partition coefficient (Wildman–Crippen LogP) is 4.17. The average Bonchev–Trinajstić information content (AvgIpc) is 3.15. The van der Waals surface area contributed by atoms with Crippen LogP contribution in [0.5, 0.6) is 5.75 Å². The van der Waals surface area contributed by atoms with Crippen molar-refractivity contribution in [2.24, 2.45) is 5.14 Å². The van der Waals surface area contributed by atoms with Crippen molar-refractivity contribution < 1.29 is 23.2 Å². The first kappa shape index (κ1) is 23.2. The van der Waals surface area contributed by atoms with Crippen LogP contribution in [0, 0.1) is 0 Å². The fourth-order valence-corrected chi connectivity index (χ4v) is 4.99. The van der Waals surface area contributed by atoms with Gasteiger partial charge >= 0.3 is 0 Å². The molecule has 1 heterocycles. The summed E-state index contributed by atoms with van der Waals surface area (Å²) in [7, 11) is -0.968. The maximum absolute atomic E-state index is 11.9. The third-order valence-electron chi connectivity index (χ3n) is 4.73. The molecular weight excluding hydrogens is 460 g/mol. The predicted molar refractivity (Wildman–Crippen MR) is 121 cm³/mol. The number of carbonyl (C=O) groups is 1. The Kier molecular flexibility index (Phi) is 7.03. The molecule has 0 saturated carbocycles. The number of nitrogens with zero attached hydrogens (tertiary/aromatic N) is 1. The van der Waals surface area contributed by atoms with Gasteiger partial charge in [-0.2, -0.15) is 0 Å². The average molecular weight is 481 g/mol. The van der Waals surface area contributed by atoms with E-state index in [1.54, 1.807) is 24.3 Å². The molecule has 1 aromatic heterocycles. The van der Waals surface area contributed by atoms with Gasteiger partial charge in [0, 0.05) is 29.5 Å². The van der Waals surface area contributed by atoms with Gasteiger partial charge in [0.1, 0.15) is 5.75 Å².